The molecule has 0 aliphatic heterocycles. The lowest BCUT2D eigenvalue weighted by atomic mass is 10.1. The molecular formula is C11H11O2. The predicted molar refractivity (Wildman–Crippen MR) is 51.5 cm³/mol. The lowest BCUT2D eigenvalue weighted by Crippen LogP contribution is -1.99. The molecule has 0 fully saturated rings. The number of carbonyl (C=O) groups is 1. The third-order valence-corrected chi connectivity index (χ3v) is 1.64. The Balaban J connectivity index is 2.83. The molecule has 0 saturated heterocycles. The number of carbonyl (C=O) groups excluding carboxylic acids is 1. The van der Waals surface area contributed by atoms with E-state index in [0.717, 1.165) is 5.56 Å². The summed E-state index contributed by atoms with van der Waals surface area (Å²) in [6, 6.07) is 9.58. The summed E-state index contributed by atoms with van der Waals surface area (Å²) in [6.45, 7) is 1.69. The predicted octanol–water partition coefficient (Wildman–Crippen LogP) is 2.42. The maximum absolute atomic E-state index is 11.0. The fourth-order valence-corrected chi connectivity index (χ4v) is 0.972. The van der Waals surface area contributed by atoms with Crippen LogP contribution in [0.1, 0.15) is 12.5 Å². The fraction of sp³-hybridized carbons (Fsp3) is 0.0909. The minimum absolute atomic E-state index is 0.399. The average molecular weight is 175 g/mol. The zero-order valence-electron chi connectivity index (χ0n) is 7.49. The van der Waals surface area contributed by atoms with Gasteiger partial charge in [0.25, 0.3) is 0 Å². The normalized spacial score (nSPS) is 11.1. The molecule has 1 rings (SSSR count). The van der Waals surface area contributed by atoms with Gasteiger partial charge in [-0.3, -0.25) is 0 Å². The molecule has 2 heteroatoms. The van der Waals surface area contributed by atoms with Crippen LogP contribution in [0, 0.1) is 7.11 Å². The summed E-state index contributed by atoms with van der Waals surface area (Å²) in [6.07, 6.45) is 1.76. The van der Waals surface area contributed by atoms with Gasteiger partial charge in [0, 0.05) is 5.57 Å². The number of esters is 1. The number of hydrogen-bond acceptors (Lipinski definition) is 2. The summed E-state index contributed by atoms with van der Waals surface area (Å²) in [4.78, 5) is 11.0. The second-order valence-electron chi connectivity index (χ2n) is 2.67. The van der Waals surface area contributed by atoms with Crippen LogP contribution in [0.5, 0.6) is 0 Å². The van der Waals surface area contributed by atoms with E-state index in [-0.39, 0.29) is 0 Å². The molecule has 2 nitrogen and oxygen atoms in total. The van der Waals surface area contributed by atoms with Gasteiger partial charge in [-0.15, -0.1) is 0 Å². The maximum Gasteiger partial charge on any atom is 0.333 e. The summed E-state index contributed by atoms with van der Waals surface area (Å²) in [5, 5.41) is 0. The third-order valence-electron chi connectivity index (χ3n) is 1.64. The highest BCUT2D eigenvalue weighted by Crippen LogP contribution is 2.06. The first kappa shape index (κ1) is 9.52. The average Bonchev–Trinajstić information content (AvgIpc) is 2.18. The molecule has 0 unspecified atom stereocenters. The molecule has 0 saturated carbocycles. The first-order valence-electron chi connectivity index (χ1n) is 3.93. The highest BCUT2D eigenvalue weighted by Gasteiger charge is 2.01. The van der Waals surface area contributed by atoms with Crippen LogP contribution in [0.2, 0.25) is 0 Å². The van der Waals surface area contributed by atoms with E-state index in [0.29, 0.717) is 5.57 Å². The Morgan fingerprint density at radius 2 is 2.00 bits per heavy atom. The van der Waals surface area contributed by atoms with Crippen LogP contribution in [0.25, 0.3) is 6.08 Å². The largest absolute Gasteiger partial charge is 0.459 e. The van der Waals surface area contributed by atoms with E-state index in [1.54, 1.807) is 13.0 Å². The summed E-state index contributed by atoms with van der Waals surface area (Å²) >= 11 is 0. The van der Waals surface area contributed by atoms with Gasteiger partial charge in [-0.2, -0.15) is 0 Å². The van der Waals surface area contributed by atoms with Crippen molar-refractivity contribution in [3.05, 3.63) is 48.6 Å². The van der Waals surface area contributed by atoms with E-state index in [4.69, 9.17) is 0 Å². The SMILES string of the molecule is [CH2]OC(=O)C(C)=Cc1ccccc1. The van der Waals surface area contributed by atoms with Gasteiger partial charge in [0.05, 0.1) is 0 Å². The number of hydrogen-bond donors (Lipinski definition) is 0. The molecule has 1 aromatic rings. The third kappa shape index (κ3) is 2.75. The van der Waals surface area contributed by atoms with Gasteiger partial charge in [0.15, 0.2) is 0 Å². The van der Waals surface area contributed by atoms with Crippen molar-refractivity contribution in [3.8, 4) is 0 Å². The van der Waals surface area contributed by atoms with Crippen molar-refractivity contribution in [2.24, 2.45) is 0 Å². The first-order valence-corrected chi connectivity index (χ1v) is 3.93. The van der Waals surface area contributed by atoms with Crippen molar-refractivity contribution in [1.82, 2.24) is 0 Å². The van der Waals surface area contributed by atoms with Crippen LogP contribution in [-0.4, -0.2) is 5.97 Å². The van der Waals surface area contributed by atoms with Gasteiger partial charge in [0.2, 0.25) is 0 Å². The van der Waals surface area contributed by atoms with Crippen LogP contribution in [0.3, 0.4) is 0 Å². The quantitative estimate of drug-likeness (QED) is 0.509. The van der Waals surface area contributed by atoms with Crippen LogP contribution >= 0.6 is 0 Å². The molecule has 1 aromatic carbocycles. The Labute approximate surface area is 77.8 Å². The van der Waals surface area contributed by atoms with Crippen molar-refractivity contribution >= 4 is 12.0 Å². The Morgan fingerprint density at radius 1 is 1.38 bits per heavy atom. The standard InChI is InChI=1S/C11H11O2/c1-9(11(12)13-2)8-10-6-4-3-5-7-10/h3-8H,2H2,1H3. The van der Waals surface area contributed by atoms with Crippen LogP contribution < -0.4 is 0 Å². The van der Waals surface area contributed by atoms with Gasteiger partial charge >= 0.3 is 5.97 Å². The molecule has 0 amide bonds. The molecule has 0 atom stereocenters. The van der Waals surface area contributed by atoms with Crippen molar-refractivity contribution < 1.29 is 9.53 Å². The van der Waals surface area contributed by atoms with E-state index in [2.05, 4.69) is 11.8 Å². The van der Waals surface area contributed by atoms with Crippen molar-refractivity contribution in [2.75, 3.05) is 0 Å². The number of rotatable bonds is 2. The van der Waals surface area contributed by atoms with E-state index in [1.807, 2.05) is 30.3 Å². The molecule has 1 radical (unpaired) electrons. The van der Waals surface area contributed by atoms with Gasteiger partial charge in [-0.05, 0) is 18.6 Å². The molecule has 0 aromatic heterocycles. The Kier molecular flexibility index (Phi) is 3.26. The van der Waals surface area contributed by atoms with Gasteiger partial charge < -0.3 is 4.74 Å². The maximum atomic E-state index is 11.0. The topological polar surface area (TPSA) is 26.3 Å². The molecule has 67 valence electrons. The molecule has 0 bridgehead atoms. The summed E-state index contributed by atoms with van der Waals surface area (Å²) < 4.78 is 4.33. The molecular weight excluding hydrogens is 164 g/mol. The minimum atomic E-state index is -0.399. The van der Waals surface area contributed by atoms with Crippen molar-refractivity contribution in [1.29, 1.82) is 0 Å². The Bertz CT molecular complexity index is 312. The molecule has 0 heterocycles. The highest BCUT2D eigenvalue weighted by atomic mass is 16.5. The molecule has 0 N–H and O–H groups in total. The van der Waals surface area contributed by atoms with Crippen LogP contribution in [0.4, 0.5) is 0 Å². The minimum Gasteiger partial charge on any atom is -0.459 e. The number of ether oxygens (including phenoxy) is 1. The summed E-state index contributed by atoms with van der Waals surface area (Å²) in [5.74, 6) is -0.399. The Hall–Kier alpha value is -1.57. The first-order chi connectivity index (χ1) is 6.24. The van der Waals surface area contributed by atoms with Crippen molar-refractivity contribution in [3.63, 3.8) is 0 Å². The summed E-state index contributed by atoms with van der Waals surface area (Å²) in [5.41, 5.74) is 1.52. The molecule has 0 aliphatic rings. The summed E-state index contributed by atoms with van der Waals surface area (Å²) in [7, 11) is 3.06. The van der Waals surface area contributed by atoms with Gasteiger partial charge in [0.1, 0.15) is 7.11 Å². The van der Waals surface area contributed by atoms with Crippen molar-refractivity contribution in [2.45, 2.75) is 6.92 Å². The fourth-order valence-electron chi connectivity index (χ4n) is 0.972. The second-order valence-corrected chi connectivity index (χ2v) is 2.67. The zero-order chi connectivity index (χ0) is 9.68. The Morgan fingerprint density at radius 3 is 2.54 bits per heavy atom. The van der Waals surface area contributed by atoms with E-state index in [9.17, 15) is 4.79 Å². The van der Waals surface area contributed by atoms with Crippen LogP contribution in [0.15, 0.2) is 35.9 Å². The van der Waals surface area contributed by atoms with Gasteiger partial charge in [-0.25, -0.2) is 4.79 Å². The second kappa shape index (κ2) is 4.45. The lowest BCUT2D eigenvalue weighted by Gasteiger charge is -1.97. The highest BCUT2D eigenvalue weighted by molar-refractivity contribution is 5.93. The number of benzene rings is 1. The molecule has 0 aliphatic carbocycles. The van der Waals surface area contributed by atoms with E-state index in [1.165, 1.54) is 0 Å². The monoisotopic (exact) mass is 175 g/mol. The smallest absolute Gasteiger partial charge is 0.333 e. The van der Waals surface area contributed by atoms with Crippen LogP contribution in [-0.2, 0) is 9.53 Å². The van der Waals surface area contributed by atoms with Gasteiger partial charge in [-0.1, -0.05) is 30.3 Å². The molecule has 0 spiro atoms. The van der Waals surface area contributed by atoms with E-state index >= 15 is 0 Å². The lowest BCUT2D eigenvalue weighted by molar-refractivity contribution is -0.133. The zero-order valence-corrected chi connectivity index (χ0v) is 7.49. The van der Waals surface area contributed by atoms with E-state index < -0.39 is 5.97 Å². The molecule has 13 heavy (non-hydrogen) atoms.